The first-order chi connectivity index (χ1) is 11.8. The molecular formula is C21H26ClNO. The van der Waals surface area contributed by atoms with Crippen LogP contribution in [0, 0.1) is 5.92 Å². The van der Waals surface area contributed by atoms with Crippen LogP contribution in [0.2, 0.25) is 5.02 Å². The Balaban J connectivity index is 1.61. The van der Waals surface area contributed by atoms with E-state index in [1.165, 1.54) is 24.8 Å². The van der Waals surface area contributed by atoms with Crippen LogP contribution in [0.1, 0.15) is 31.2 Å². The summed E-state index contributed by atoms with van der Waals surface area (Å²) in [5.41, 5.74) is 1.28. The van der Waals surface area contributed by atoms with Crippen molar-refractivity contribution in [2.45, 2.75) is 38.2 Å². The van der Waals surface area contributed by atoms with Crippen LogP contribution < -0.4 is 10.1 Å². The van der Waals surface area contributed by atoms with Crippen LogP contribution in [0.15, 0.2) is 54.6 Å². The highest BCUT2D eigenvalue weighted by Gasteiger charge is 2.17. The molecule has 0 aliphatic carbocycles. The van der Waals surface area contributed by atoms with Gasteiger partial charge in [0.1, 0.15) is 11.9 Å². The van der Waals surface area contributed by atoms with Gasteiger partial charge in [0.05, 0.1) is 0 Å². The number of halogens is 1. The van der Waals surface area contributed by atoms with Crippen LogP contribution in [0.25, 0.3) is 0 Å². The maximum Gasteiger partial charge on any atom is 0.119 e. The second-order valence-corrected chi connectivity index (χ2v) is 7.09. The SMILES string of the molecule is Clc1ccc(CC(CCC2CCNCC2)Oc2ccccc2)cc1. The first-order valence-electron chi connectivity index (χ1n) is 8.96. The number of hydrogen-bond acceptors (Lipinski definition) is 2. The Morgan fingerprint density at radius 1 is 1.00 bits per heavy atom. The van der Waals surface area contributed by atoms with Crippen molar-refractivity contribution in [3.05, 3.63) is 65.2 Å². The van der Waals surface area contributed by atoms with Gasteiger partial charge in [-0.3, -0.25) is 0 Å². The van der Waals surface area contributed by atoms with Gasteiger partial charge in [0.15, 0.2) is 0 Å². The van der Waals surface area contributed by atoms with Crippen molar-refractivity contribution in [3.8, 4) is 5.75 Å². The third kappa shape index (κ3) is 5.54. The van der Waals surface area contributed by atoms with Crippen LogP contribution in [0.3, 0.4) is 0 Å². The molecule has 3 heteroatoms. The van der Waals surface area contributed by atoms with Crippen LogP contribution in [0.4, 0.5) is 0 Å². The Labute approximate surface area is 150 Å². The molecule has 1 atom stereocenters. The normalized spacial score (nSPS) is 16.7. The molecule has 3 rings (SSSR count). The summed E-state index contributed by atoms with van der Waals surface area (Å²) in [4.78, 5) is 0. The molecule has 1 fully saturated rings. The minimum absolute atomic E-state index is 0.212. The van der Waals surface area contributed by atoms with Crippen LogP contribution in [-0.4, -0.2) is 19.2 Å². The van der Waals surface area contributed by atoms with E-state index in [1.807, 2.05) is 42.5 Å². The van der Waals surface area contributed by atoms with Gasteiger partial charge in [-0.1, -0.05) is 41.9 Å². The second-order valence-electron chi connectivity index (χ2n) is 6.65. The molecule has 128 valence electrons. The number of rotatable bonds is 7. The van der Waals surface area contributed by atoms with Gasteiger partial charge in [0.25, 0.3) is 0 Å². The number of piperidine rings is 1. The molecule has 0 amide bonds. The number of ether oxygens (including phenoxy) is 1. The summed E-state index contributed by atoms with van der Waals surface area (Å²) >= 11 is 6.00. The molecule has 1 saturated heterocycles. The van der Waals surface area contributed by atoms with E-state index in [0.717, 1.165) is 42.6 Å². The smallest absolute Gasteiger partial charge is 0.119 e. The molecular weight excluding hydrogens is 318 g/mol. The minimum atomic E-state index is 0.212. The van der Waals surface area contributed by atoms with Gasteiger partial charge in [0.2, 0.25) is 0 Å². The predicted octanol–water partition coefficient (Wildman–Crippen LogP) is 5.11. The molecule has 2 nitrogen and oxygen atoms in total. The molecule has 1 aliphatic heterocycles. The molecule has 0 aromatic heterocycles. The van der Waals surface area contributed by atoms with E-state index >= 15 is 0 Å². The van der Waals surface area contributed by atoms with E-state index in [1.54, 1.807) is 0 Å². The third-order valence-electron chi connectivity index (χ3n) is 4.78. The number of nitrogens with one attached hydrogen (secondary N) is 1. The first-order valence-corrected chi connectivity index (χ1v) is 9.34. The van der Waals surface area contributed by atoms with Crippen LogP contribution in [-0.2, 0) is 6.42 Å². The zero-order chi connectivity index (χ0) is 16.6. The van der Waals surface area contributed by atoms with E-state index in [9.17, 15) is 0 Å². The van der Waals surface area contributed by atoms with Gasteiger partial charge in [-0.15, -0.1) is 0 Å². The molecule has 0 spiro atoms. The van der Waals surface area contributed by atoms with Crippen molar-refractivity contribution in [2.24, 2.45) is 5.92 Å². The summed E-state index contributed by atoms with van der Waals surface area (Å²) in [7, 11) is 0. The summed E-state index contributed by atoms with van der Waals surface area (Å²) in [5, 5.41) is 4.23. The maximum absolute atomic E-state index is 6.29. The zero-order valence-corrected chi connectivity index (χ0v) is 14.8. The predicted molar refractivity (Wildman–Crippen MR) is 101 cm³/mol. The fourth-order valence-corrected chi connectivity index (χ4v) is 3.50. The quantitative estimate of drug-likeness (QED) is 0.754. The summed E-state index contributed by atoms with van der Waals surface area (Å²) in [6, 6.07) is 18.3. The third-order valence-corrected chi connectivity index (χ3v) is 5.03. The van der Waals surface area contributed by atoms with E-state index < -0.39 is 0 Å². The lowest BCUT2D eigenvalue weighted by molar-refractivity contribution is 0.174. The molecule has 1 heterocycles. The molecule has 2 aromatic carbocycles. The lowest BCUT2D eigenvalue weighted by atomic mass is 9.91. The molecule has 1 unspecified atom stereocenters. The van der Waals surface area contributed by atoms with Gasteiger partial charge >= 0.3 is 0 Å². The largest absolute Gasteiger partial charge is 0.490 e. The lowest BCUT2D eigenvalue weighted by Crippen LogP contribution is -2.29. The summed E-state index contributed by atoms with van der Waals surface area (Å²) < 4.78 is 6.29. The Bertz CT molecular complexity index is 593. The standard InChI is InChI=1S/C21H26ClNO/c22-19-9-6-18(7-10-19)16-21(24-20-4-2-1-3-5-20)11-8-17-12-14-23-15-13-17/h1-7,9-10,17,21,23H,8,11-16H2. The van der Waals surface area contributed by atoms with Gasteiger partial charge in [-0.25, -0.2) is 0 Å². The average Bonchev–Trinajstić information content (AvgIpc) is 2.63. The molecule has 2 aromatic rings. The topological polar surface area (TPSA) is 21.3 Å². The van der Waals surface area contributed by atoms with Crippen molar-refractivity contribution in [2.75, 3.05) is 13.1 Å². The molecule has 24 heavy (non-hydrogen) atoms. The van der Waals surface area contributed by atoms with Crippen LogP contribution >= 0.6 is 11.6 Å². The molecule has 0 radical (unpaired) electrons. The molecule has 0 saturated carbocycles. The lowest BCUT2D eigenvalue weighted by Gasteiger charge is -2.25. The van der Waals surface area contributed by atoms with Crippen molar-refractivity contribution in [3.63, 3.8) is 0 Å². The van der Waals surface area contributed by atoms with E-state index in [2.05, 4.69) is 17.4 Å². The number of hydrogen-bond donors (Lipinski definition) is 1. The highest BCUT2D eigenvalue weighted by molar-refractivity contribution is 6.30. The maximum atomic E-state index is 6.29. The zero-order valence-electron chi connectivity index (χ0n) is 14.1. The Morgan fingerprint density at radius 2 is 1.71 bits per heavy atom. The highest BCUT2D eigenvalue weighted by atomic mass is 35.5. The van der Waals surface area contributed by atoms with Gasteiger partial charge in [-0.05, 0) is 74.5 Å². The first kappa shape index (κ1) is 17.3. The number of para-hydroxylation sites is 1. The fraction of sp³-hybridized carbons (Fsp3) is 0.429. The Morgan fingerprint density at radius 3 is 2.42 bits per heavy atom. The average molecular weight is 344 g/mol. The van der Waals surface area contributed by atoms with Crippen molar-refractivity contribution < 1.29 is 4.74 Å². The summed E-state index contributed by atoms with van der Waals surface area (Å²) in [6.45, 7) is 2.32. The van der Waals surface area contributed by atoms with E-state index in [-0.39, 0.29) is 6.10 Å². The minimum Gasteiger partial charge on any atom is -0.490 e. The summed E-state index contributed by atoms with van der Waals surface area (Å²) in [6.07, 6.45) is 6.06. The van der Waals surface area contributed by atoms with E-state index in [4.69, 9.17) is 16.3 Å². The monoisotopic (exact) mass is 343 g/mol. The Kier molecular flexibility index (Phi) is 6.57. The summed E-state index contributed by atoms with van der Waals surface area (Å²) in [5.74, 6) is 1.79. The van der Waals surface area contributed by atoms with Crippen molar-refractivity contribution in [1.29, 1.82) is 0 Å². The number of benzene rings is 2. The van der Waals surface area contributed by atoms with E-state index in [0.29, 0.717) is 0 Å². The second kappa shape index (κ2) is 9.10. The molecule has 1 aliphatic rings. The Hall–Kier alpha value is -1.51. The van der Waals surface area contributed by atoms with Gasteiger partial charge in [0, 0.05) is 11.4 Å². The van der Waals surface area contributed by atoms with Crippen LogP contribution in [0.5, 0.6) is 5.75 Å². The highest BCUT2D eigenvalue weighted by Crippen LogP contribution is 2.23. The van der Waals surface area contributed by atoms with Crippen molar-refractivity contribution in [1.82, 2.24) is 5.32 Å². The van der Waals surface area contributed by atoms with Gasteiger partial charge < -0.3 is 10.1 Å². The molecule has 0 bridgehead atoms. The van der Waals surface area contributed by atoms with Crippen molar-refractivity contribution >= 4 is 11.6 Å². The fourth-order valence-electron chi connectivity index (χ4n) is 3.37. The molecule has 1 N–H and O–H groups in total. The van der Waals surface area contributed by atoms with Gasteiger partial charge in [-0.2, -0.15) is 0 Å².